The summed E-state index contributed by atoms with van der Waals surface area (Å²) in [5.74, 6) is 3.23. The fourth-order valence-corrected chi connectivity index (χ4v) is 3.84. The SMILES string of the molecule is CN(Cc1ncccn1)[C@@H]1CCN(C(=O)[C@H]2C[C@@H]2C2CC2)C1. The van der Waals surface area contributed by atoms with E-state index in [1.807, 2.05) is 6.07 Å². The van der Waals surface area contributed by atoms with Gasteiger partial charge >= 0.3 is 0 Å². The number of carbonyl (C=O) groups excluding carboxylic acids is 1. The molecule has 2 saturated carbocycles. The first-order valence-corrected chi connectivity index (χ1v) is 8.47. The van der Waals surface area contributed by atoms with E-state index in [-0.39, 0.29) is 0 Å². The molecule has 22 heavy (non-hydrogen) atoms. The van der Waals surface area contributed by atoms with Crippen molar-refractivity contribution in [3.05, 3.63) is 24.3 Å². The second-order valence-electron chi connectivity index (χ2n) is 7.15. The molecular weight excluding hydrogens is 276 g/mol. The molecule has 3 fully saturated rings. The minimum atomic E-state index is 0.356. The van der Waals surface area contributed by atoms with Gasteiger partial charge in [0.25, 0.3) is 0 Å². The summed E-state index contributed by atoms with van der Waals surface area (Å²) in [6.07, 6.45) is 8.50. The molecule has 5 nitrogen and oxygen atoms in total. The summed E-state index contributed by atoms with van der Waals surface area (Å²) < 4.78 is 0. The largest absolute Gasteiger partial charge is 0.341 e. The van der Waals surface area contributed by atoms with Gasteiger partial charge in [-0.25, -0.2) is 9.97 Å². The number of aromatic nitrogens is 2. The van der Waals surface area contributed by atoms with Gasteiger partial charge < -0.3 is 4.90 Å². The van der Waals surface area contributed by atoms with Crippen LogP contribution in [0.25, 0.3) is 0 Å². The van der Waals surface area contributed by atoms with Crippen LogP contribution in [0.15, 0.2) is 18.5 Å². The van der Waals surface area contributed by atoms with Crippen LogP contribution in [0.4, 0.5) is 0 Å². The lowest BCUT2D eigenvalue weighted by Gasteiger charge is -2.24. The Kier molecular flexibility index (Phi) is 3.60. The van der Waals surface area contributed by atoms with Gasteiger partial charge in [-0.3, -0.25) is 9.69 Å². The lowest BCUT2D eigenvalue weighted by atomic mass is 10.2. The van der Waals surface area contributed by atoms with Crippen molar-refractivity contribution in [3.63, 3.8) is 0 Å². The summed E-state index contributed by atoms with van der Waals surface area (Å²) in [5.41, 5.74) is 0. The number of likely N-dealkylation sites (N-methyl/N-ethyl adjacent to an activating group) is 1. The Morgan fingerprint density at radius 1 is 1.32 bits per heavy atom. The number of amides is 1. The summed E-state index contributed by atoms with van der Waals surface area (Å²) in [7, 11) is 2.11. The van der Waals surface area contributed by atoms with Crippen LogP contribution >= 0.6 is 0 Å². The first-order valence-electron chi connectivity index (χ1n) is 8.47. The molecule has 0 bridgehead atoms. The standard InChI is InChI=1S/C17H24N4O/c1-20(11-16-18-6-2-7-19-16)13-5-8-21(10-13)17(22)15-9-14(15)12-3-4-12/h2,6-7,12-15H,3-5,8-11H2,1H3/t13-,14-,15+/m1/s1. The maximum atomic E-state index is 12.6. The quantitative estimate of drug-likeness (QED) is 0.828. The van der Waals surface area contributed by atoms with Crippen LogP contribution in [0.5, 0.6) is 0 Å². The monoisotopic (exact) mass is 300 g/mol. The second-order valence-corrected chi connectivity index (χ2v) is 7.15. The predicted octanol–water partition coefficient (Wildman–Crippen LogP) is 1.56. The van der Waals surface area contributed by atoms with Gasteiger partial charge in [-0.2, -0.15) is 0 Å². The van der Waals surface area contributed by atoms with Crippen LogP contribution in [-0.4, -0.2) is 51.9 Å². The fourth-order valence-electron chi connectivity index (χ4n) is 3.84. The minimum absolute atomic E-state index is 0.356. The van der Waals surface area contributed by atoms with E-state index in [9.17, 15) is 4.79 Å². The molecule has 4 rings (SSSR count). The Balaban J connectivity index is 1.29. The van der Waals surface area contributed by atoms with Crippen molar-refractivity contribution in [2.45, 2.75) is 38.3 Å². The highest BCUT2D eigenvalue weighted by atomic mass is 16.2. The van der Waals surface area contributed by atoms with Crippen molar-refractivity contribution in [1.82, 2.24) is 19.8 Å². The maximum Gasteiger partial charge on any atom is 0.226 e. The molecule has 118 valence electrons. The zero-order valence-electron chi connectivity index (χ0n) is 13.2. The van der Waals surface area contributed by atoms with Crippen LogP contribution in [0.1, 0.15) is 31.5 Å². The average molecular weight is 300 g/mol. The number of likely N-dealkylation sites (tertiary alicyclic amines) is 1. The van der Waals surface area contributed by atoms with Crippen molar-refractivity contribution < 1.29 is 4.79 Å². The lowest BCUT2D eigenvalue weighted by Crippen LogP contribution is -2.37. The molecule has 1 aromatic heterocycles. The molecule has 2 heterocycles. The molecule has 0 N–H and O–H groups in total. The van der Waals surface area contributed by atoms with Crippen molar-refractivity contribution in [2.24, 2.45) is 17.8 Å². The number of rotatable bonds is 5. The van der Waals surface area contributed by atoms with Gasteiger partial charge in [-0.05, 0) is 50.6 Å². The highest BCUT2D eigenvalue weighted by Gasteiger charge is 2.52. The van der Waals surface area contributed by atoms with E-state index in [1.165, 1.54) is 12.8 Å². The van der Waals surface area contributed by atoms with E-state index >= 15 is 0 Å². The van der Waals surface area contributed by atoms with E-state index in [0.717, 1.165) is 50.1 Å². The Labute approximate surface area is 131 Å². The van der Waals surface area contributed by atoms with Crippen molar-refractivity contribution in [3.8, 4) is 0 Å². The predicted molar refractivity (Wildman–Crippen MR) is 82.8 cm³/mol. The highest BCUT2D eigenvalue weighted by molar-refractivity contribution is 5.82. The summed E-state index contributed by atoms with van der Waals surface area (Å²) in [4.78, 5) is 25.5. The van der Waals surface area contributed by atoms with Gasteiger partial charge in [-0.15, -0.1) is 0 Å². The Morgan fingerprint density at radius 2 is 2.09 bits per heavy atom. The first kappa shape index (κ1) is 14.1. The van der Waals surface area contributed by atoms with E-state index in [2.05, 4.69) is 26.8 Å². The average Bonchev–Trinajstić information content (AvgIpc) is 3.43. The molecule has 0 aromatic carbocycles. The molecular formula is C17H24N4O. The maximum absolute atomic E-state index is 12.6. The summed E-state index contributed by atoms with van der Waals surface area (Å²) in [6.45, 7) is 2.54. The van der Waals surface area contributed by atoms with Crippen molar-refractivity contribution >= 4 is 5.91 Å². The van der Waals surface area contributed by atoms with Crippen LogP contribution < -0.4 is 0 Å². The zero-order valence-corrected chi connectivity index (χ0v) is 13.2. The molecule has 0 radical (unpaired) electrons. The molecule has 3 atom stereocenters. The van der Waals surface area contributed by atoms with Crippen LogP contribution in [0.3, 0.4) is 0 Å². The number of nitrogens with zero attached hydrogens (tertiary/aromatic N) is 4. The van der Waals surface area contributed by atoms with Crippen molar-refractivity contribution in [2.75, 3.05) is 20.1 Å². The highest BCUT2D eigenvalue weighted by Crippen LogP contribution is 2.55. The normalized spacial score (nSPS) is 30.8. The number of hydrogen-bond acceptors (Lipinski definition) is 4. The number of carbonyl (C=O) groups is 1. The molecule has 2 aliphatic carbocycles. The molecule has 1 aliphatic heterocycles. The Morgan fingerprint density at radius 3 is 2.82 bits per heavy atom. The molecule has 1 aromatic rings. The Hall–Kier alpha value is -1.49. The molecule has 1 amide bonds. The van der Waals surface area contributed by atoms with Gasteiger partial charge in [0.1, 0.15) is 5.82 Å². The minimum Gasteiger partial charge on any atom is -0.341 e. The van der Waals surface area contributed by atoms with E-state index in [0.29, 0.717) is 17.9 Å². The third-order valence-corrected chi connectivity index (χ3v) is 5.49. The van der Waals surface area contributed by atoms with E-state index in [1.54, 1.807) is 12.4 Å². The molecule has 5 heteroatoms. The third-order valence-electron chi connectivity index (χ3n) is 5.49. The second kappa shape index (κ2) is 5.61. The summed E-state index contributed by atoms with van der Waals surface area (Å²) in [6, 6.07) is 2.27. The topological polar surface area (TPSA) is 49.3 Å². The van der Waals surface area contributed by atoms with Gasteiger partial charge in [0.05, 0.1) is 6.54 Å². The molecule has 0 unspecified atom stereocenters. The van der Waals surface area contributed by atoms with Crippen LogP contribution in [0.2, 0.25) is 0 Å². The fraction of sp³-hybridized carbons (Fsp3) is 0.706. The molecule has 3 aliphatic rings. The lowest BCUT2D eigenvalue weighted by molar-refractivity contribution is -0.132. The summed E-state index contributed by atoms with van der Waals surface area (Å²) in [5, 5.41) is 0. The van der Waals surface area contributed by atoms with Gasteiger partial charge in [0.15, 0.2) is 0 Å². The molecule has 1 saturated heterocycles. The van der Waals surface area contributed by atoms with Gasteiger partial charge in [0.2, 0.25) is 5.91 Å². The summed E-state index contributed by atoms with van der Waals surface area (Å²) >= 11 is 0. The molecule has 0 spiro atoms. The van der Waals surface area contributed by atoms with Crippen LogP contribution in [0, 0.1) is 17.8 Å². The van der Waals surface area contributed by atoms with Crippen LogP contribution in [-0.2, 0) is 11.3 Å². The smallest absolute Gasteiger partial charge is 0.226 e. The van der Waals surface area contributed by atoms with Gasteiger partial charge in [-0.1, -0.05) is 0 Å². The zero-order chi connectivity index (χ0) is 15.1. The Bertz CT molecular complexity index is 545. The van der Waals surface area contributed by atoms with Crippen molar-refractivity contribution in [1.29, 1.82) is 0 Å². The van der Waals surface area contributed by atoms with E-state index < -0.39 is 0 Å². The first-order chi connectivity index (χ1) is 10.7. The van der Waals surface area contributed by atoms with Gasteiger partial charge in [0, 0.05) is 37.4 Å². The third kappa shape index (κ3) is 2.86. The van der Waals surface area contributed by atoms with E-state index in [4.69, 9.17) is 0 Å². The number of hydrogen-bond donors (Lipinski definition) is 0.